The smallest absolute Gasteiger partial charge is 0.264 e. The summed E-state index contributed by atoms with van der Waals surface area (Å²) in [5.41, 5.74) is -0.737. The van der Waals surface area contributed by atoms with Crippen LogP contribution in [0.1, 0.15) is 48.7 Å². The highest BCUT2D eigenvalue weighted by Gasteiger charge is 2.33. The molecule has 0 aliphatic heterocycles. The predicted molar refractivity (Wildman–Crippen MR) is 69.4 cm³/mol. The van der Waals surface area contributed by atoms with Gasteiger partial charge in [0.15, 0.2) is 0 Å². The number of aliphatic hydroxyl groups is 1. The van der Waals surface area contributed by atoms with Crippen LogP contribution in [0.2, 0.25) is 0 Å². The van der Waals surface area contributed by atoms with Crippen molar-refractivity contribution < 1.29 is 9.90 Å². The van der Waals surface area contributed by atoms with Gasteiger partial charge in [-0.1, -0.05) is 17.8 Å². The molecule has 0 spiro atoms. The van der Waals surface area contributed by atoms with E-state index in [-0.39, 0.29) is 5.91 Å². The third-order valence-corrected chi connectivity index (χ3v) is 4.44. The van der Waals surface area contributed by atoms with Gasteiger partial charge in [0.2, 0.25) is 0 Å². The number of hydrogen-bond acceptors (Lipinski definition) is 5. The van der Waals surface area contributed by atoms with Gasteiger partial charge >= 0.3 is 0 Å². The molecule has 0 saturated heterocycles. The molecule has 1 aromatic heterocycles. The Balaban J connectivity index is 1.81. The van der Waals surface area contributed by atoms with Crippen molar-refractivity contribution in [2.45, 2.75) is 44.6 Å². The number of carbonyl (C=O) groups excluding carboxylic acids is 1. The van der Waals surface area contributed by atoms with E-state index in [1.165, 1.54) is 12.6 Å². The number of amides is 1. The number of carbonyl (C=O) groups is 1. The molecular formula is C12H19N3O2S. The molecule has 0 atom stereocenters. The third kappa shape index (κ3) is 3.26. The van der Waals surface area contributed by atoms with Gasteiger partial charge in [0.05, 0.1) is 11.8 Å². The zero-order valence-corrected chi connectivity index (χ0v) is 11.4. The van der Waals surface area contributed by atoms with E-state index in [1.807, 2.05) is 0 Å². The third-order valence-electron chi connectivity index (χ3n) is 3.78. The van der Waals surface area contributed by atoms with Gasteiger partial charge in [-0.25, -0.2) is 0 Å². The van der Waals surface area contributed by atoms with Crippen LogP contribution in [0.4, 0.5) is 0 Å². The highest BCUT2D eigenvalue weighted by molar-refractivity contribution is 7.07. The molecule has 1 aromatic rings. The largest absolute Gasteiger partial charge is 0.388 e. The summed E-state index contributed by atoms with van der Waals surface area (Å²) in [4.78, 5) is 12.2. The molecule has 2 N–H and O–H groups in total. The number of nitrogens with one attached hydrogen (secondary N) is 1. The average Bonchev–Trinajstić information content (AvgIpc) is 2.91. The van der Waals surface area contributed by atoms with Gasteiger partial charge in [-0.15, -0.1) is 5.10 Å². The van der Waals surface area contributed by atoms with Crippen molar-refractivity contribution in [3.63, 3.8) is 0 Å². The maximum atomic E-state index is 11.7. The van der Waals surface area contributed by atoms with Crippen LogP contribution in [-0.2, 0) is 0 Å². The fourth-order valence-corrected chi connectivity index (χ4v) is 2.83. The Morgan fingerprint density at radius 3 is 2.89 bits per heavy atom. The van der Waals surface area contributed by atoms with Crippen molar-refractivity contribution in [3.8, 4) is 0 Å². The van der Waals surface area contributed by atoms with Gasteiger partial charge < -0.3 is 10.4 Å². The van der Waals surface area contributed by atoms with E-state index in [4.69, 9.17) is 0 Å². The normalized spacial score (nSPS) is 28.0. The average molecular weight is 269 g/mol. The number of aromatic nitrogens is 2. The molecule has 0 bridgehead atoms. The molecule has 1 heterocycles. The molecule has 0 aromatic carbocycles. The standard InChI is InChI=1S/C12H19N3O2S/c1-2-9-3-5-12(17,6-4-9)8-13-11(16)10-7-14-15-18-10/h7,9,17H,2-6,8H2,1H3,(H,13,16). The molecule has 0 unspecified atom stereocenters. The lowest BCUT2D eigenvalue weighted by molar-refractivity contribution is -0.00783. The minimum absolute atomic E-state index is 0.198. The Bertz CT molecular complexity index is 386. The van der Waals surface area contributed by atoms with E-state index >= 15 is 0 Å². The SMILES string of the molecule is CCC1CCC(O)(CNC(=O)c2cnns2)CC1. The molecule has 1 aliphatic carbocycles. The zero-order valence-electron chi connectivity index (χ0n) is 10.6. The van der Waals surface area contributed by atoms with E-state index in [9.17, 15) is 9.90 Å². The van der Waals surface area contributed by atoms with Gasteiger partial charge in [-0.2, -0.15) is 0 Å². The lowest BCUT2D eigenvalue weighted by Gasteiger charge is -2.35. The second-order valence-electron chi connectivity index (χ2n) is 5.04. The Morgan fingerprint density at radius 1 is 1.61 bits per heavy atom. The van der Waals surface area contributed by atoms with Crippen LogP contribution in [-0.4, -0.2) is 32.7 Å². The van der Waals surface area contributed by atoms with Crippen molar-refractivity contribution in [2.75, 3.05) is 6.54 Å². The first-order valence-electron chi connectivity index (χ1n) is 6.41. The Hall–Kier alpha value is -1.01. The maximum absolute atomic E-state index is 11.7. The van der Waals surface area contributed by atoms with Crippen LogP contribution in [0, 0.1) is 5.92 Å². The molecule has 1 fully saturated rings. The summed E-state index contributed by atoms with van der Waals surface area (Å²) < 4.78 is 3.64. The Labute approximate surface area is 111 Å². The predicted octanol–water partition coefficient (Wildman–Crippen LogP) is 1.60. The van der Waals surface area contributed by atoms with E-state index < -0.39 is 5.60 Å². The van der Waals surface area contributed by atoms with Gasteiger partial charge in [0, 0.05) is 6.54 Å². The first-order chi connectivity index (χ1) is 8.63. The maximum Gasteiger partial charge on any atom is 0.264 e. The van der Waals surface area contributed by atoms with Crippen molar-refractivity contribution in [2.24, 2.45) is 5.92 Å². The molecule has 6 heteroatoms. The van der Waals surface area contributed by atoms with E-state index in [0.29, 0.717) is 11.4 Å². The van der Waals surface area contributed by atoms with E-state index in [2.05, 4.69) is 21.8 Å². The minimum Gasteiger partial charge on any atom is -0.388 e. The lowest BCUT2D eigenvalue weighted by atomic mass is 9.78. The van der Waals surface area contributed by atoms with Gasteiger partial charge in [-0.3, -0.25) is 4.79 Å². The molecule has 1 aliphatic rings. The van der Waals surface area contributed by atoms with Crippen LogP contribution < -0.4 is 5.32 Å². The first-order valence-corrected chi connectivity index (χ1v) is 7.18. The number of nitrogens with zero attached hydrogens (tertiary/aromatic N) is 2. The zero-order chi connectivity index (χ0) is 13.0. The topological polar surface area (TPSA) is 75.1 Å². The Kier molecular flexibility index (Phi) is 4.29. The summed E-state index contributed by atoms with van der Waals surface area (Å²) >= 11 is 1.07. The van der Waals surface area contributed by atoms with Crippen molar-refractivity contribution in [3.05, 3.63) is 11.1 Å². The Morgan fingerprint density at radius 2 is 2.33 bits per heavy atom. The molecule has 0 radical (unpaired) electrons. The highest BCUT2D eigenvalue weighted by atomic mass is 32.1. The monoisotopic (exact) mass is 269 g/mol. The van der Waals surface area contributed by atoms with E-state index in [1.54, 1.807) is 0 Å². The molecule has 1 saturated carbocycles. The fraction of sp³-hybridized carbons (Fsp3) is 0.750. The summed E-state index contributed by atoms with van der Waals surface area (Å²) in [6, 6.07) is 0. The van der Waals surface area contributed by atoms with Crippen molar-refractivity contribution in [1.82, 2.24) is 14.9 Å². The van der Waals surface area contributed by atoms with Crippen LogP contribution >= 0.6 is 11.5 Å². The fourth-order valence-electron chi connectivity index (χ4n) is 2.40. The summed E-state index contributed by atoms with van der Waals surface area (Å²) in [5, 5.41) is 16.8. The molecular weight excluding hydrogens is 250 g/mol. The van der Waals surface area contributed by atoms with Gasteiger partial charge in [0.1, 0.15) is 4.88 Å². The quantitative estimate of drug-likeness (QED) is 0.870. The summed E-state index contributed by atoms with van der Waals surface area (Å²) in [6.45, 7) is 2.51. The second kappa shape index (κ2) is 5.75. The lowest BCUT2D eigenvalue weighted by Crippen LogP contribution is -2.45. The van der Waals surface area contributed by atoms with Crippen LogP contribution in [0.25, 0.3) is 0 Å². The second-order valence-corrected chi connectivity index (χ2v) is 5.83. The van der Waals surface area contributed by atoms with Crippen molar-refractivity contribution in [1.29, 1.82) is 0 Å². The summed E-state index contributed by atoms with van der Waals surface area (Å²) in [5.74, 6) is 0.530. The molecule has 2 rings (SSSR count). The van der Waals surface area contributed by atoms with Gasteiger partial charge in [-0.05, 0) is 43.1 Å². The van der Waals surface area contributed by atoms with E-state index in [0.717, 1.165) is 43.1 Å². The van der Waals surface area contributed by atoms with Crippen LogP contribution in [0.3, 0.4) is 0 Å². The highest BCUT2D eigenvalue weighted by Crippen LogP contribution is 2.33. The minimum atomic E-state index is -0.737. The molecule has 18 heavy (non-hydrogen) atoms. The van der Waals surface area contributed by atoms with Gasteiger partial charge in [0.25, 0.3) is 5.91 Å². The summed E-state index contributed by atoms with van der Waals surface area (Å²) in [6.07, 6.45) is 6.25. The first kappa shape index (κ1) is 13.4. The van der Waals surface area contributed by atoms with Crippen LogP contribution in [0.5, 0.6) is 0 Å². The number of rotatable bonds is 4. The van der Waals surface area contributed by atoms with Crippen LogP contribution in [0.15, 0.2) is 6.20 Å². The van der Waals surface area contributed by atoms with Crippen molar-refractivity contribution >= 4 is 17.4 Å². The molecule has 100 valence electrons. The number of hydrogen-bond donors (Lipinski definition) is 2. The molecule has 1 amide bonds. The molecule has 5 nitrogen and oxygen atoms in total. The summed E-state index contributed by atoms with van der Waals surface area (Å²) in [7, 11) is 0.